The first-order chi connectivity index (χ1) is 12.8. The van der Waals surface area contributed by atoms with Gasteiger partial charge in [-0.2, -0.15) is 0 Å². The average molecular weight is 386 g/mol. The quantitative estimate of drug-likeness (QED) is 0.639. The van der Waals surface area contributed by atoms with Crippen LogP contribution in [0.5, 0.6) is 0 Å². The number of halogens is 1. The summed E-state index contributed by atoms with van der Waals surface area (Å²) in [6.45, 7) is 9.23. The highest BCUT2D eigenvalue weighted by Crippen LogP contribution is 2.29. The molecule has 4 heteroatoms. The Labute approximate surface area is 169 Å². The van der Waals surface area contributed by atoms with Gasteiger partial charge in [0.15, 0.2) is 0 Å². The largest absolute Gasteiger partial charge is 0.340 e. The first-order valence-electron chi connectivity index (χ1n) is 10.2. The molecule has 146 valence electrons. The minimum atomic E-state index is 0. The van der Waals surface area contributed by atoms with Crippen molar-refractivity contribution in [2.24, 2.45) is 0 Å². The number of hydrogen-bond donors (Lipinski definition) is 1. The molecule has 1 aliphatic heterocycles. The van der Waals surface area contributed by atoms with Gasteiger partial charge in [0.25, 0.3) is 0 Å². The molecular formula is C23H32ClN3. The van der Waals surface area contributed by atoms with E-state index in [1.54, 1.807) is 0 Å². The highest BCUT2D eigenvalue weighted by Gasteiger charge is 2.25. The molecule has 2 aromatic carbocycles. The Bertz CT molecular complexity index is 819. The molecule has 1 N–H and O–H groups in total. The third-order valence-corrected chi connectivity index (χ3v) is 6.08. The molecule has 27 heavy (non-hydrogen) atoms. The smallest absolute Gasteiger partial charge is 0.0491 e. The summed E-state index contributed by atoms with van der Waals surface area (Å²) in [7, 11) is 0. The zero-order chi connectivity index (χ0) is 17.9. The van der Waals surface area contributed by atoms with Crippen LogP contribution in [0, 0.1) is 0 Å². The Morgan fingerprint density at radius 2 is 1.52 bits per heavy atom. The molecule has 0 aliphatic carbocycles. The van der Waals surface area contributed by atoms with Gasteiger partial charge in [-0.25, -0.2) is 0 Å². The van der Waals surface area contributed by atoms with Crippen molar-refractivity contribution in [2.75, 3.05) is 19.6 Å². The lowest BCUT2D eigenvalue weighted by Gasteiger charge is -2.40. The van der Waals surface area contributed by atoms with E-state index in [1.165, 1.54) is 54.2 Å². The maximum absolute atomic E-state index is 3.71. The van der Waals surface area contributed by atoms with Gasteiger partial charge in [0.1, 0.15) is 0 Å². The fourth-order valence-electron chi connectivity index (χ4n) is 4.55. The molecule has 0 radical (unpaired) electrons. The van der Waals surface area contributed by atoms with Crippen molar-refractivity contribution in [3.63, 3.8) is 0 Å². The normalized spacial score (nSPS) is 20.8. The Balaban J connectivity index is 0.00000210. The number of piperazine rings is 1. The third-order valence-electron chi connectivity index (χ3n) is 6.08. The minimum absolute atomic E-state index is 0. The van der Waals surface area contributed by atoms with Crippen molar-refractivity contribution in [3.05, 3.63) is 48.5 Å². The number of hydrogen-bond acceptors (Lipinski definition) is 2. The molecule has 2 atom stereocenters. The van der Waals surface area contributed by atoms with Crippen LogP contribution in [-0.2, 0) is 6.54 Å². The Hall–Kier alpha value is -1.55. The van der Waals surface area contributed by atoms with Gasteiger partial charge in [-0.1, -0.05) is 50.2 Å². The second-order valence-electron chi connectivity index (χ2n) is 7.61. The lowest BCUT2D eigenvalue weighted by atomic mass is 10.0. The van der Waals surface area contributed by atoms with E-state index in [4.69, 9.17) is 0 Å². The zero-order valence-electron chi connectivity index (χ0n) is 16.5. The van der Waals surface area contributed by atoms with E-state index in [9.17, 15) is 0 Å². The Morgan fingerprint density at radius 3 is 2.11 bits per heavy atom. The number of aryl methyl sites for hydroxylation is 1. The van der Waals surface area contributed by atoms with Crippen LogP contribution in [0.1, 0.15) is 33.1 Å². The second-order valence-corrected chi connectivity index (χ2v) is 7.61. The molecule has 1 aliphatic rings. The summed E-state index contributed by atoms with van der Waals surface area (Å²) in [5, 5.41) is 6.46. The van der Waals surface area contributed by atoms with Gasteiger partial charge in [-0.3, -0.25) is 4.90 Å². The fourth-order valence-corrected chi connectivity index (χ4v) is 4.55. The second kappa shape index (κ2) is 9.09. The van der Waals surface area contributed by atoms with E-state index in [0.29, 0.717) is 12.1 Å². The predicted molar refractivity (Wildman–Crippen MR) is 119 cm³/mol. The number of fused-ring (bicyclic) bond motifs is 3. The highest BCUT2D eigenvalue weighted by atomic mass is 35.5. The summed E-state index contributed by atoms with van der Waals surface area (Å²) < 4.78 is 2.52. The van der Waals surface area contributed by atoms with Crippen molar-refractivity contribution in [3.8, 4) is 0 Å². The first kappa shape index (κ1) is 20.2. The number of nitrogens with zero attached hydrogens (tertiary/aromatic N) is 2. The number of benzene rings is 2. The van der Waals surface area contributed by atoms with Crippen LogP contribution in [0.3, 0.4) is 0 Å². The van der Waals surface area contributed by atoms with Crippen molar-refractivity contribution in [2.45, 2.75) is 51.7 Å². The molecule has 0 amide bonds. The lowest BCUT2D eigenvalue weighted by molar-refractivity contribution is 0.122. The molecule has 4 rings (SSSR count). The predicted octanol–water partition coefficient (Wildman–Crippen LogP) is 5.07. The van der Waals surface area contributed by atoms with Crippen LogP contribution in [-0.4, -0.2) is 41.2 Å². The number of rotatable bonds is 6. The molecule has 1 aromatic heterocycles. The molecule has 3 aromatic rings. The van der Waals surface area contributed by atoms with Crippen molar-refractivity contribution < 1.29 is 0 Å². The van der Waals surface area contributed by atoms with E-state index < -0.39 is 0 Å². The first-order valence-corrected chi connectivity index (χ1v) is 10.2. The van der Waals surface area contributed by atoms with Crippen LogP contribution >= 0.6 is 12.4 Å². The maximum atomic E-state index is 3.71. The SMILES string of the molecule is CCC1CN(CCCn2c3ccccc3c3ccccc32)C(CC)CN1.Cl. The molecule has 3 nitrogen and oxygen atoms in total. The standard InChI is InChI=1S/C23H31N3.ClH/c1-3-18-17-25(19(4-2)16-24-18)14-9-15-26-22-12-7-5-10-20(22)21-11-6-8-13-23(21)26;/h5-8,10-13,18-19,24H,3-4,9,14-17H2,1-2H3;1H. The van der Waals surface area contributed by atoms with Gasteiger partial charge in [-0.15, -0.1) is 12.4 Å². The topological polar surface area (TPSA) is 20.2 Å². The molecule has 0 saturated carbocycles. The number of aromatic nitrogens is 1. The molecule has 1 saturated heterocycles. The summed E-state index contributed by atoms with van der Waals surface area (Å²) in [5.74, 6) is 0. The molecule has 0 spiro atoms. The van der Waals surface area contributed by atoms with Crippen LogP contribution in [0.4, 0.5) is 0 Å². The van der Waals surface area contributed by atoms with Crippen LogP contribution in [0.25, 0.3) is 21.8 Å². The number of para-hydroxylation sites is 2. The van der Waals surface area contributed by atoms with E-state index >= 15 is 0 Å². The Morgan fingerprint density at radius 1 is 0.889 bits per heavy atom. The van der Waals surface area contributed by atoms with Gasteiger partial charge in [0, 0.05) is 60.1 Å². The maximum Gasteiger partial charge on any atom is 0.0491 e. The van der Waals surface area contributed by atoms with Crippen LogP contribution < -0.4 is 5.32 Å². The summed E-state index contributed by atoms with van der Waals surface area (Å²) in [6, 6.07) is 19.0. The van der Waals surface area contributed by atoms with Crippen molar-refractivity contribution >= 4 is 34.2 Å². The molecular weight excluding hydrogens is 354 g/mol. The highest BCUT2D eigenvalue weighted by molar-refractivity contribution is 6.07. The average Bonchev–Trinajstić information content (AvgIpc) is 3.02. The number of nitrogens with one attached hydrogen (secondary N) is 1. The minimum Gasteiger partial charge on any atom is -0.340 e. The monoisotopic (exact) mass is 385 g/mol. The van der Waals surface area contributed by atoms with E-state index in [1.807, 2.05) is 0 Å². The summed E-state index contributed by atoms with van der Waals surface area (Å²) in [6.07, 6.45) is 3.66. The van der Waals surface area contributed by atoms with E-state index in [0.717, 1.165) is 13.1 Å². The molecule has 2 heterocycles. The van der Waals surface area contributed by atoms with Gasteiger partial charge in [0.2, 0.25) is 0 Å². The molecule has 1 fully saturated rings. The van der Waals surface area contributed by atoms with Gasteiger partial charge < -0.3 is 9.88 Å². The van der Waals surface area contributed by atoms with Crippen LogP contribution in [0.2, 0.25) is 0 Å². The zero-order valence-corrected chi connectivity index (χ0v) is 17.3. The summed E-state index contributed by atoms with van der Waals surface area (Å²) >= 11 is 0. The van der Waals surface area contributed by atoms with Gasteiger partial charge in [0.05, 0.1) is 0 Å². The van der Waals surface area contributed by atoms with Crippen LogP contribution in [0.15, 0.2) is 48.5 Å². The summed E-state index contributed by atoms with van der Waals surface area (Å²) in [5.41, 5.74) is 2.74. The molecule has 2 unspecified atom stereocenters. The molecule has 0 bridgehead atoms. The van der Waals surface area contributed by atoms with Gasteiger partial charge in [-0.05, 0) is 31.4 Å². The van der Waals surface area contributed by atoms with Crippen molar-refractivity contribution in [1.29, 1.82) is 0 Å². The van der Waals surface area contributed by atoms with E-state index in [2.05, 4.69) is 77.2 Å². The fraction of sp³-hybridized carbons (Fsp3) is 0.478. The Kier molecular flexibility index (Phi) is 6.80. The van der Waals surface area contributed by atoms with Crippen molar-refractivity contribution in [1.82, 2.24) is 14.8 Å². The third kappa shape index (κ3) is 4.01. The van der Waals surface area contributed by atoms with Gasteiger partial charge >= 0.3 is 0 Å². The lowest BCUT2D eigenvalue weighted by Crippen LogP contribution is -2.56. The van der Waals surface area contributed by atoms with E-state index in [-0.39, 0.29) is 12.4 Å². The summed E-state index contributed by atoms with van der Waals surface area (Å²) in [4.78, 5) is 2.72.